The van der Waals surface area contributed by atoms with Crippen LogP contribution in [-0.4, -0.2) is 36.5 Å². The average molecular weight is 477 g/mol. The molecule has 0 saturated heterocycles. The van der Waals surface area contributed by atoms with Crippen LogP contribution >= 0.6 is 11.3 Å². The summed E-state index contributed by atoms with van der Waals surface area (Å²) in [4.78, 5) is 30.1. The first-order valence-corrected chi connectivity index (χ1v) is 12.6. The molecule has 2 aliphatic heterocycles. The Bertz CT molecular complexity index is 1210. The van der Waals surface area contributed by atoms with E-state index in [9.17, 15) is 9.59 Å². The first kappa shape index (κ1) is 22.5. The summed E-state index contributed by atoms with van der Waals surface area (Å²) in [6, 6.07) is 15.1. The van der Waals surface area contributed by atoms with Crippen LogP contribution in [0.4, 0.5) is 0 Å². The molecule has 5 rings (SSSR count). The smallest absolute Gasteiger partial charge is 0.254 e. The van der Waals surface area contributed by atoms with E-state index in [4.69, 9.17) is 9.47 Å². The molecule has 3 aromatic rings. The molecule has 7 heteroatoms. The van der Waals surface area contributed by atoms with Crippen LogP contribution in [0.2, 0.25) is 0 Å². The number of hydrogen-bond acceptors (Lipinski definition) is 5. The molecule has 0 bridgehead atoms. The predicted molar refractivity (Wildman–Crippen MR) is 132 cm³/mol. The molecule has 0 aliphatic carbocycles. The number of carbonyl (C=O) groups excluding carboxylic acids is 2. The highest BCUT2D eigenvalue weighted by atomic mass is 32.1. The Morgan fingerprint density at radius 3 is 2.56 bits per heavy atom. The molecule has 0 spiro atoms. The van der Waals surface area contributed by atoms with Gasteiger partial charge in [0.15, 0.2) is 11.5 Å². The lowest BCUT2D eigenvalue weighted by Gasteiger charge is -2.45. The van der Waals surface area contributed by atoms with Crippen LogP contribution in [0.1, 0.15) is 57.7 Å². The maximum Gasteiger partial charge on any atom is 0.254 e. The van der Waals surface area contributed by atoms with Crippen LogP contribution in [0.5, 0.6) is 11.5 Å². The van der Waals surface area contributed by atoms with Crippen molar-refractivity contribution < 1.29 is 19.1 Å². The predicted octanol–water partition coefficient (Wildman–Crippen LogP) is 4.70. The Morgan fingerprint density at radius 1 is 1.06 bits per heavy atom. The first-order valence-electron chi connectivity index (χ1n) is 11.7. The first-order chi connectivity index (χ1) is 16.6. The standard InChI is InChI=1S/C27H28N2O4S/c1-3-32-22-14-17-11-12-29-25(21(17)15-23(22)33-4-2)24(19-9-5-6-10-20(19)27(29)31)26(30)28-16-18-8-7-13-34-18/h5-10,13-15,24-25H,3-4,11-12,16H2,1-2H3,(H,28,30)/t24-,25+/m1/s1. The highest BCUT2D eigenvalue weighted by molar-refractivity contribution is 7.09. The Labute approximate surface area is 203 Å². The fraction of sp³-hybridized carbons (Fsp3) is 0.333. The number of benzene rings is 2. The maximum absolute atomic E-state index is 13.7. The molecule has 0 saturated carbocycles. The summed E-state index contributed by atoms with van der Waals surface area (Å²) in [5.41, 5.74) is 3.43. The SMILES string of the molecule is CCOc1cc2c(cc1OCC)[C@H]1[C@H](C(=O)NCc3cccs3)c3ccccc3C(=O)N1CC2. The molecule has 1 N–H and O–H groups in total. The second-order valence-corrected chi connectivity index (χ2v) is 9.45. The second-order valence-electron chi connectivity index (χ2n) is 8.42. The molecule has 34 heavy (non-hydrogen) atoms. The fourth-order valence-electron chi connectivity index (χ4n) is 5.05. The lowest BCUT2D eigenvalue weighted by atomic mass is 9.75. The van der Waals surface area contributed by atoms with Gasteiger partial charge in [0.25, 0.3) is 5.91 Å². The fourth-order valence-corrected chi connectivity index (χ4v) is 5.70. The van der Waals surface area contributed by atoms with Crippen LogP contribution in [0.25, 0.3) is 0 Å². The topological polar surface area (TPSA) is 67.9 Å². The van der Waals surface area contributed by atoms with E-state index in [2.05, 4.69) is 5.32 Å². The Hall–Kier alpha value is -3.32. The van der Waals surface area contributed by atoms with Crippen LogP contribution in [0.15, 0.2) is 53.9 Å². The Morgan fingerprint density at radius 2 is 1.82 bits per heavy atom. The zero-order chi connectivity index (χ0) is 23.7. The normalized spacial score (nSPS) is 18.5. The number of carbonyl (C=O) groups is 2. The molecule has 0 radical (unpaired) electrons. The largest absolute Gasteiger partial charge is 0.490 e. The van der Waals surface area contributed by atoms with Gasteiger partial charge in [0.1, 0.15) is 0 Å². The average Bonchev–Trinajstić information content (AvgIpc) is 3.37. The number of thiophene rings is 1. The third-order valence-corrected chi connectivity index (χ3v) is 7.36. The van der Waals surface area contributed by atoms with Crippen LogP contribution in [0, 0.1) is 0 Å². The zero-order valence-corrected chi connectivity index (χ0v) is 20.2. The summed E-state index contributed by atoms with van der Waals surface area (Å²) in [6.07, 6.45) is 0.704. The summed E-state index contributed by atoms with van der Waals surface area (Å²) in [5, 5.41) is 5.12. The molecule has 0 unspecified atom stereocenters. The van der Waals surface area contributed by atoms with E-state index in [0.717, 1.165) is 21.6 Å². The lowest BCUT2D eigenvalue weighted by Crippen LogP contribution is -2.50. The van der Waals surface area contributed by atoms with E-state index >= 15 is 0 Å². The van der Waals surface area contributed by atoms with E-state index in [0.29, 0.717) is 49.8 Å². The van der Waals surface area contributed by atoms with Crippen molar-refractivity contribution in [3.8, 4) is 11.5 Å². The van der Waals surface area contributed by atoms with E-state index in [1.54, 1.807) is 11.3 Å². The number of rotatable bonds is 7. The summed E-state index contributed by atoms with van der Waals surface area (Å²) in [5.74, 6) is 0.732. The van der Waals surface area contributed by atoms with Crippen LogP contribution in [-0.2, 0) is 17.8 Å². The van der Waals surface area contributed by atoms with E-state index in [1.807, 2.05) is 72.7 Å². The summed E-state index contributed by atoms with van der Waals surface area (Å²) in [6.45, 7) is 5.94. The lowest BCUT2D eigenvalue weighted by molar-refractivity contribution is -0.124. The molecule has 0 fully saturated rings. The summed E-state index contributed by atoms with van der Waals surface area (Å²) >= 11 is 1.61. The van der Waals surface area contributed by atoms with Gasteiger partial charge in [-0.05, 0) is 66.6 Å². The van der Waals surface area contributed by atoms with Crippen molar-refractivity contribution >= 4 is 23.2 Å². The van der Waals surface area contributed by atoms with Crippen LogP contribution < -0.4 is 14.8 Å². The molecule has 6 nitrogen and oxygen atoms in total. The number of nitrogens with zero attached hydrogens (tertiary/aromatic N) is 1. The zero-order valence-electron chi connectivity index (χ0n) is 19.4. The maximum atomic E-state index is 13.7. The van der Waals surface area contributed by atoms with E-state index in [-0.39, 0.29) is 11.8 Å². The van der Waals surface area contributed by atoms with Crippen molar-refractivity contribution in [2.24, 2.45) is 0 Å². The van der Waals surface area contributed by atoms with Crippen molar-refractivity contribution in [1.29, 1.82) is 0 Å². The highest BCUT2D eigenvalue weighted by Crippen LogP contribution is 2.48. The van der Waals surface area contributed by atoms with Gasteiger partial charge in [-0.25, -0.2) is 0 Å². The third-order valence-electron chi connectivity index (χ3n) is 6.48. The van der Waals surface area contributed by atoms with Gasteiger partial charge in [-0.2, -0.15) is 0 Å². The monoisotopic (exact) mass is 476 g/mol. The molecule has 176 valence electrons. The molecule has 3 heterocycles. The molecule has 2 aromatic carbocycles. The molecule has 2 aliphatic rings. The van der Waals surface area contributed by atoms with Gasteiger partial charge in [0.05, 0.1) is 31.7 Å². The van der Waals surface area contributed by atoms with Crippen molar-refractivity contribution in [3.05, 3.63) is 81.0 Å². The number of amides is 2. The molecular weight excluding hydrogens is 448 g/mol. The van der Waals surface area contributed by atoms with Gasteiger partial charge in [0.2, 0.25) is 5.91 Å². The quantitative estimate of drug-likeness (QED) is 0.537. The van der Waals surface area contributed by atoms with Crippen molar-refractivity contribution in [1.82, 2.24) is 10.2 Å². The number of fused-ring (bicyclic) bond motifs is 4. The van der Waals surface area contributed by atoms with Crippen molar-refractivity contribution in [2.75, 3.05) is 19.8 Å². The van der Waals surface area contributed by atoms with Crippen LogP contribution in [0.3, 0.4) is 0 Å². The molecule has 2 amide bonds. The Kier molecular flexibility index (Phi) is 6.28. The van der Waals surface area contributed by atoms with Gasteiger partial charge in [-0.1, -0.05) is 24.3 Å². The van der Waals surface area contributed by atoms with Gasteiger partial charge < -0.3 is 19.7 Å². The number of ether oxygens (including phenoxy) is 2. The molecule has 1 aromatic heterocycles. The van der Waals surface area contributed by atoms with Gasteiger partial charge in [0, 0.05) is 17.0 Å². The summed E-state index contributed by atoms with van der Waals surface area (Å²) in [7, 11) is 0. The highest BCUT2D eigenvalue weighted by Gasteiger charge is 2.46. The molecule has 2 atom stereocenters. The van der Waals surface area contributed by atoms with Gasteiger partial charge in [-0.3, -0.25) is 9.59 Å². The van der Waals surface area contributed by atoms with Gasteiger partial charge >= 0.3 is 0 Å². The third kappa shape index (κ3) is 3.94. The second kappa shape index (κ2) is 9.50. The minimum atomic E-state index is -0.514. The number of hydrogen-bond donors (Lipinski definition) is 1. The molecular formula is C27H28N2O4S. The van der Waals surface area contributed by atoms with E-state index in [1.165, 1.54) is 0 Å². The van der Waals surface area contributed by atoms with Crippen molar-refractivity contribution in [3.63, 3.8) is 0 Å². The van der Waals surface area contributed by atoms with Crippen molar-refractivity contribution in [2.45, 2.75) is 38.8 Å². The van der Waals surface area contributed by atoms with E-state index < -0.39 is 12.0 Å². The Balaban J connectivity index is 1.60. The van der Waals surface area contributed by atoms with Gasteiger partial charge in [-0.15, -0.1) is 11.3 Å². The summed E-state index contributed by atoms with van der Waals surface area (Å²) < 4.78 is 11.7. The minimum Gasteiger partial charge on any atom is -0.490 e. The number of nitrogens with one attached hydrogen (secondary N) is 1. The minimum absolute atomic E-state index is 0.0274.